The third kappa shape index (κ3) is 3.28. The zero-order valence-electron chi connectivity index (χ0n) is 13.1. The zero-order valence-corrected chi connectivity index (χ0v) is 13.8. The molecule has 1 N–H and O–H groups in total. The molecule has 6 nitrogen and oxygen atoms in total. The molecule has 0 saturated heterocycles. The molecule has 1 unspecified atom stereocenters. The van der Waals surface area contributed by atoms with Gasteiger partial charge in [-0.25, -0.2) is 4.79 Å². The molecule has 0 saturated carbocycles. The number of carbonyl (C=O) groups is 1. The van der Waals surface area contributed by atoms with Crippen molar-refractivity contribution in [2.75, 3.05) is 5.32 Å². The Morgan fingerprint density at radius 3 is 2.83 bits per heavy atom. The largest absolute Gasteiger partial charge is 0.472 e. The van der Waals surface area contributed by atoms with E-state index < -0.39 is 12.2 Å². The average molecular weight is 347 g/mol. The molecule has 0 fully saturated rings. The summed E-state index contributed by atoms with van der Waals surface area (Å²) in [5.41, 5.74) is 2.37. The smallest absolute Gasteiger partial charge is 0.412 e. The van der Waals surface area contributed by atoms with Crippen molar-refractivity contribution in [3.63, 3.8) is 0 Å². The van der Waals surface area contributed by atoms with Crippen molar-refractivity contribution in [1.82, 2.24) is 5.16 Å². The Balaban J connectivity index is 1.74. The average Bonchev–Trinajstić information content (AvgIpc) is 3.18. The first-order valence-electron chi connectivity index (χ1n) is 7.27. The van der Waals surface area contributed by atoms with Crippen LogP contribution in [0, 0.1) is 6.92 Å². The number of rotatable bonds is 4. The van der Waals surface area contributed by atoms with Crippen molar-refractivity contribution < 1.29 is 18.5 Å². The summed E-state index contributed by atoms with van der Waals surface area (Å²) in [6.07, 6.45) is 1.88. The molecule has 124 valence electrons. The molecule has 3 aromatic rings. The van der Waals surface area contributed by atoms with Crippen molar-refractivity contribution in [2.24, 2.45) is 0 Å². The van der Waals surface area contributed by atoms with Crippen LogP contribution in [0.1, 0.15) is 24.3 Å². The van der Waals surface area contributed by atoms with E-state index in [0.717, 1.165) is 5.56 Å². The van der Waals surface area contributed by atoms with Gasteiger partial charge in [-0.05, 0) is 26.0 Å². The third-order valence-corrected chi connectivity index (χ3v) is 3.84. The van der Waals surface area contributed by atoms with E-state index >= 15 is 0 Å². The molecule has 1 aromatic carbocycles. The zero-order chi connectivity index (χ0) is 17.1. The lowest BCUT2D eigenvalue weighted by atomic mass is 10.1. The summed E-state index contributed by atoms with van der Waals surface area (Å²) in [5, 5.41) is 7.07. The summed E-state index contributed by atoms with van der Waals surface area (Å²) >= 11 is 6.12. The summed E-state index contributed by atoms with van der Waals surface area (Å²) in [6.45, 7) is 3.47. The summed E-state index contributed by atoms with van der Waals surface area (Å²) in [7, 11) is 0. The topological polar surface area (TPSA) is 77.5 Å². The molecule has 0 aliphatic rings. The van der Waals surface area contributed by atoms with Crippen molar-refractivity contribution in [3.05, 3.63) is 59.1 Å². The Hall–Kier alpha value is -2.73. The predicted molar refractivity (Wildman–Crippen MR) is 88.9 cm³/mol. The van der Waals surface area contributed by atoms with Crippen LogP contribution in [0.5, 0.6) is 0 Å². The number of hydrogen-bond acceptors (Lipinski definition) is 5. The fraction of sp³-hybridized carbons (Fsp3) is 0.176. The summed E-state index contributed by atoms with van der Waals surface area (Å²) in [6, 6.07) is 8.91. The number of aryl methyl sites for hydroxylation is 1. The van der Waals surface area contributed by atoms with Gasteiger partial charge in [0.25, 0.3) is 0 Å². The standard InChI is InChI=1S/C17H15ClN2O4/c1-10-15(16(24-20-10)12-7-8-22-9-12)19-17(21)23-11(2)13-5-3-4-6-14(13)18/h3-9,11H,1-2H3,(H,19,21). The van der Waals surface area contributed by atoms with Gasteiger partial charge in [-0.2, -0.15) is 0 Å². The van der Waals surface area contributed by atoms with E-state index in [2.05, 4.69) is 10.5 Å². The molecule has 1 atom stereocenters. The number of anilines is 1. The quantitative estimate of drug-likeness (QED) is 0.702. The summed E-state index contributed by atoms with van der Waals surface area (Å²) < 4.78 is 15.7. The van der Waals surface area contributed by atoms with E-state index in [1.807, 2.05) is 18.2 Å². The van der Waals surface area contributed by atoms with Crippen molar-refractivity contribution >= 4 is 23.4 Å². The van der Waals surface area contributed by atoms with Gasteiger partial charge in [-0.1, -0.05) is 35.0 Å². The molecule has 1 amide bonds. The van der Waals surface area contributed by atoms with E-state index in [0.29, 0.717) is 27.7 Å². The number of ether oxygens (including phenoxy) is 1. The SMILES string of the molecule is Cc1noc(-c2ccoc2)c1NC(=O)OC(C)c1ccccc1Cl. The second kappa shape index (κ2) is 6.80. The number of carbonyl (C=O) groups excluding carboxylic acids is 1. The highest BCUT2D eigenvalue weighted by molar-refractivity contribution is 6.31. The van der Waals surface area contributed by atoms with Crippen LogP contribution in [-0.4, -0.2) is 11.2 Å². The molecular formula is C17H15ClN2O4. The maximum atomic E-state index is 12.2. The predicted octanol–water partition coefficient (Wildman–Crippen LogP) is 5.21. The minimum absolute atomic E-state index is 0.406. The normalized spacial score (nSPS) is 12.0. The van der Waals surface area contributed by atoms with E-state index in [4.69, 9.17) is 25.3 Å². The first-order valence-corrected chi connectivity index (χ1v) is 7.65. The van der Waals surface area contributed by atoms with Crippen LogP contribution in [0.4, 0.5) is 10.5 Å². The van der Waals surface area contributed by atoms with Crippen molar-refractivity contribution in [2.45, 2.75) is 20.0 Å². The van der Waals surface area contributed by atoms with Gasteiger partial charge in [0.1, 0.15) is 23.7 Å². The molecule has 2 aromatic heterocycles. The van der Waals surface area contributed by atoms with Gasteiger partial charge in [0.2, 0.25) is 0 Å². The van der Waals surface area contributed by atoms with E-state index in [1.54, 1.807) is 26.0 Å². The Morgan fingerprint density at radius 2 is 2.12 bits per heavy atom. The van der Waals surface area contributed by atoms with E-state index in [9.17, 15) is 4.79 Å². The van der Waals surface area contributed by atoms with Gasteiger partial charge in [0, 0.05) is 10.6 Å². The van der Waals surface area contributed by atoms with Crippen molar-refractivity contribution in [3.8, 4) is 11.3 Å². The van der Waals surface area contributed by atoms with Crippen LogP contribution in [0.3, 0.4) is 0 Å². The highest BCUT2D eigenvalue weighted by Gasteiger charge is 2.21. The summed E-state index contributed by atoms with van der Waals surface area (Å²) in [4.78, 5) is 12.2. The Bertz CT molecular complexity index is 842. The number of hydrogen-bond donors (Lipinski definition) is 1. The van der Waals surface area contributed by atoms with Crippen LogP contribution in [0.25, 0.3) is 11.3 Å². The Morgan fingerprint density at radius 1 is 1.33 bits per heavy atom. The van der Waals surface area contributed by atoms with Gasteiger partial charge in [0.05, 0.1) is 11.8 Å². The number of nitrogens with zero attached hydrogens (tertiary/aromatic N) is 1. The van der Waals surface area contributed by atoms with Crippen LogP contribution < -0.4 is 5.32 Å². The first-order chi connectivity index (χ1) is 11.6. The van der Waals surface area contributed by atoms with Gasteiger partial charge >= 0.3 is 6.09 Å². The maximum absolute atomic E-state index is 12.2. The number of halogens is 1. The lowest BCUT2D eigenvalue weighted by molar-refractivity contribution is 0.121. The molecule has 3 rings (SSSR count). The Labute approximate surface area is 143 Å². The molecule has 0 aliphatic carbocycles. The van der Waals surface area contributed by atoms with E-state index in [-0.39, 0.29) is 0 Å². The van der Waals surface area contributed by atoms with Gasteiger partial charge in [-0.15, -0.1) is 0 Å². The number of aromatic nitrogens is 1. The molecule has 0 bridgehead atoms. The number of nitrogens with one attached hydrogen (secondary N) is 1. The molecule has 24 heavy (non-hydrogen) atoms. The molecule has 2 heterocycles. The maximum Gasteiger partial charge on any atom is 0.412 e. The molecule has 0 spiro atoms. The highest BCUT2D eigenvalue weighted by Crippen LogP contribution is 2.32. The third-order valence-electron chi connectivity index (χ3n) is 3.50. The minimum Gasteiger partial charge on any atom is -0.472 e. The molecule has 7 heteroatoms. The second-order valence-electron chi connectivity index (χ2n) is 5.18. The summed E-state index contributed by atoms with van der Waals surface area (Å²) in [5.74, 6) is 0.406. The monoisotopic (exact) mass is 346 g/mol. The number of amides is 1. The number of furan rings is 1. The van der Waals surface area contributed by atoms with Crippen LogP contribution in [0.15, 0.2) is 51.8 Å². The fourth-order valence-electron chi connectivity index (χ4n) is 2.27. The van der Waals surface area contributed by atoms with Gasteiger partial charge < -0.3 is 13.7 Å². The highest BCUT2D eigenvalue weighted by atomic mass is 35.5. The van der Waals surface area contributed by atoms with Crippen LogP contribution in [0.2, 0.25) is 5.02 Å². The minimum atomic E-state index is -0.626. The number of benzene rings is 1. The fourth-order valence-corrected chi connectivity index (χ4v) is 2.56. The molecule has 0 radical (unpaired) electrons. The van der Waals surface area contributed by atoms with Crippen molar-refractivity contribution in [1.29, 1.82) is 0 Å². The lowest BCUT2D eigenvalue weighted by Crippen LogP contribution is -2.16. The van der Waals surface area contributed by atoms with Crippen LogP contribution in [-0.2, 0) is 4.74 Å². The van der Waals surface area contributed by atoms with Gasteiger partial charge in [-0.3, -0.25) is 5.32 Å². The molecular weight excluding hydrogens is 332 g/mol. The second-order valence-corrected chi connectivity index (χ2v) is 5.59. The van der Waals surface area contributed by atoms with Crippen LogP contribution >= 0.6 is 11.6 Å². The first kappa shape index (κ1) is 16.1. The van der Waals surface area contributed by atoms with Gasteiger partial charge in [0.15, 0.2) is 5.76 Å². The lowest BCUT2D eigenvalue weighted by Gasteiger charge is -2.15. The molecule has 0 aliphatic heterocycles. The Kier molecular flexibility index (Phi) is 4.57. The van der Waals surface area contributed by atoms with E-state index in [1.165, 1.54) is 12.5 Å².